The number of aromatic amines is 1. The van der Waals surface area contributed by atoms with E-state index in [4.69, 9.17) is 0 Å². The summed E-state index contributed by atoms with van der Waals surface area (Å²) in [5, 5.41) is 20.6. The molecule has 1 saturated carbocycles. The van der Waals surface area contributed by atoms with Crippen molar-refractivity contribution in [2.75, 3.05) is 0 Å². The van der Waals surface area contributed by atoms with Crippen LogP contribution in [0.3, 0.4) is 0 Å². The lowest BCUT2D eigenvalue weighted by atomic mass is 9.83. The maximum Gasteiger partial charge on any atom is 0.272 e. The number of imidazole rings is 1. The highest BCUT2D eigenvalue weighted by Gasteiger charge is 2.26. The second-order valence-corrected chi connectivity index (χ2v) is 6.96. The highest BCUT2D eigenvalue weighted by atomic mass is 16.3. The predicted molar refractivity (Wildman–Crippen MR) is 95.9 cm³/mol. The highest BCUT2D eigenvalue weighted by Crippen LogP contribution is 2.27. The largest absolute Gasteiger partial charge is 0.393 e. The summed E-state index contributed by atoms with van der Waals surface area (Å²) >= 11 is 0. The van der Waals surface area contributed by atoms with E-state index in [9.17, 15) is 9.90 Å². The first-order valence-corrected chi connectivity index (χ1v) is 8.93. The molecule has 3 heterocycles. The van der Waals surface area contributed by atoms with Crippen LogP contribution in [0, 0.1) is 5.92 Å². The molecule has 1 fully saturated rings. The van der Waals surface area contributed by atoms with E-state index in [2.05, 4.69) is 25.5 Å². The molecule has 1 amide bonds. The van der Waals surface area contributed by atoms with Gasteiger partial charge in [0.2, 0.25) is 0 Å². The van der Waals surface area contributed by atoms with E-state index in [1.807, 2.05) is 13.0 Å². The van der Waals surface area contributed by atoms with Crippen LogP contribution in [-0.2, 0) is 0 Å². The fourth-order valence-electron chi connectivity index (χ4n) is 3.63. The monoisotopic (exact) mass is 354 g/mol. The fraction of sp³-hybridized carbons (Fsp3) is 0.444. The summed E-state index contributed by atoms with van der Waals surface area (Å²) in [4.78, 5) is 21.4. The number of hydrogen-bond donors (Lipinski definition) is 3. The summed E-state index contributed by atoms with van der Waals surface area (Å²) < 4.78 is 1.76. The minimum absolute atomic E-state index is 0.106. The maximum absolute atomic E-state index is 12.9. The second kappa shape index (κ2) is 6.87. The summed E-state index contributed by atoms with van der Waals surface area (Å²) in [5.41, 5.74) is 0.963. The minimum atomic E-state index is -0.287. The van der Waals surface area contributed by atoms with Gasteiger partial charge < -0.3 is 10.4 Å². The maximum atomic E-state index is 12.9. The number of aliphatic hydroxyl groups excluding tert-OH is 1. The van der Waals surface area contributed by atoms with Gasteiger partial charge in [-0.2, -0.15) is 5.10 Å². The zero-order chi connectivity index (χ0) is 18.1. The number of amides is 1. The van der Waals surface area contributed by atoms with Crippen LogP contribution in [0.5, 0.6) is 0 Å². The fourth-order valence-corrected chi connectivity index (χ4v) is 3.63. The lowest BCUT2D eigenvalue weighted by molar-refractivity contribution is 0.0830. The third-order valence-electron chi connectivity index (χ3n) is 5.19. The summed E-state index contributed by atoms with van der Waals surface area (Å²) in [6, 6.07) is 1.97. The number of aliphatic hydroxyl groups is 1. The smallest absolute Gasteiger partial charge is 0.272 e. The van der Waals surface area contributed by atoms with Crippen LogP contribution in [0.2, 0.25) is 0 Å². The van der Waals surface area contributed by atoms with Crippen LogP contribution in [0.1, 0.15) is 43.1 Å². The molecule has 0 aromatic carbocycles. The zero-order valence-corrected chi connectivity index (χ0v) is 14.6. The molecule has 26 heavy (non-hydrogen) atoms. The number of pyridine rings is 1. The molecule has 1 aliphatic carbocycles. The first-order valence-electron chi connectivity index (χ1n) is 8.93. The molecule has 4 rings (SSSR count). The van der Waals surface area contributed by atoms with Gasteiger partial charge in [-0.05, 0) is 44.6 Å². The number of carbonyl (C=O) groups excluding carboxylic acids is 1. The summed E-state index contributed by atoms with van der Waals surface area (Å²) in [7, 11) is 0. The summed E-state index contributed by atoms with van der Waals surface area (Å²) in [6.07, 6.45) is 10.1. The normalized spacial score (nSPS) is 21.6. The molecule has 0 unspecified atom stereocenters. The van der Waals surface area contributed by atoms with E-state index < -0.39 is 0 Å². The number of rotatable bonds is 4. The first-order chi connectivity index (χ1) is 12.6. The number of nitrogens with one attached hydrogen (secondary N) is 2. The van der Waals surface area contributed by atoms with E-state index in [1.54, 1.807) is 29.5 Å². The van der Waals surface area contributed by atoms with E-state index in [1.165, 1.54) is 0 Å². The topological polar surface area (TPSA) is 109 Å². The second-order valence-electron chi connectivity index (χ2n) is 6.96. The average molecular weight is 354 g/mol. The molecular weight excluding hydrogens is 332 g/mol. The number of nitrogens with zero attached hydrogens (tertiary/aromatic N) is 4. The van der Waals surface area contributed by atoms with Gasteiger partial charge in [0.05, 0.1) is 17.8 Å². The standard InChI is InChI=1S/C18H22N6O2/c1-11(25)12-2-4-14(5-3-12)21-18(26)17-16-13(9-20-23-16)8-15(22-17)24-7-6-19-10-24/h6-12,14,25H,2-5H2,1H3,(H,20,23)(H,21,26)/t11-,12?,14?/m0/s1. The van der Waals surface area contributed by atoms with Crippen LogP contribution in [0.15, 0.2) is 31.0 Å². The first kappa shape index (κ1) is 16.7. The summed E-state index contributed by atoms with van der Waals surface area (Å²) in [5.74, 6) is 0.742. The predicted octanol–water partition coefficient (Wildman–Crippen LogP) is 1.81. The Hall–Kier alpha value is -2.74. The summed E-state index contributed by atoms with van der Waals surface area (Å²) in [6.45, 7) is 1.84. The molecule has 136 valence electrons. The van der Waals surface area contributed by atoms with E-state index in [0.29, 0.717) is 22.9 Å². The molecule has 8 heteroatoms. The van der Waals surface area contributed by atoms with Crippen molar-refractivity contribution in [1.82, 2.24) is 30.0 Å². The van der Waals surface area contributed by atoms with Gasteiger partial charge >= 0.3 is 0 Å². The van der Waals surface area contributed by atoms with Gasteiger partial charge in [0.1, 0.15) is 12.1 Å². The molecular formula is C18H22N6O2. The molecule has 3 N–H and O–H groups in total. The van der Waals surface area contributed by atoms with Gasteiger partial charge in [-0.25, -0.2) is 9.97 Å². The van der Waals surface area contributed by atoms with Crippen molar-refractivity contribution in [3.05, 3.63) is 36.7 Å². The highest BCUT2D eigenvalue weighted by molar-refractivity contribution is 6.04. The third kappa shape index (κ3) is 3.20. The van der Waals surface area contributed by atoms with Crippen molar-refractivity contribution >= 4 is 16.8 Å². The quantitative estimate of drug-likeness (QED) is 0.662. The van der Waals surface area contributed by atoms with Gasteiger partial charge in [0.25, 0.3) is 5.91 Å². The molecule has 1 aliphatic rings. The molecule has 0 spiro atoms. The SMILES string of the molecule is C[C@H](O)C1CCC(NC(=O)c2nc(-n3ccnc3)cc3cn[nH]c23)CC1. The Balaban J connectivity index is 1.56. The molecule has 0 bridgehead atoms. The Morgan fingerprint density at radius 2 is 2.19 bits per heavy atom. The van der Waals surface area contributed by atoms with Gasteiger partial charge in [-0.3, -0.25) is 14.5 Å². The van der Waals surface area contributed by atoms with E-state index >= 15 is 0 Å². The number of carbonyl (C=O) groups is 1. The number of hydrogen-bond acceptors (Lipinski definition) is 5. The van der Waals surface area contributed by atoms with Crippen molar-refractivity contribution in [2.24, 2.45) is 5.92 Å². The van der Waals surface area contributed by atoms with Gasteiger partial charge in [-0.1, -0.05) is 0 Å². The Morgan fingerprint density at radius 1 is 1.38 bits per heavy atom. The molecule has 0 aliphatic heterocycles. The zero-order valence-electron chi connectivity index (χ0n) is 14.6. The van der Waals surface area contributed by atoms with Crippen LogP contribution >= 0.6 is 0 Å². The average Bonchev–Trinajstić information content (AvgIpc) is 3.32. The molecule has 3 aromatic rings. The number of fused-ring (bicyclic) bond motifs is 1. The molecule has 1 atom stereocenters. The van der Waals surface area contributed by atoms with Crippen LogP contribution in [0.4, 0.5) is 0 Å². The third-order valence-corrected chi connectivity index (χ3v) is 5.19. The van der Waals surface area contributed by atoms with Crippen LogP contribution in [0.25, 0.3) is 16.7 Å². The van der Waals surface area contributed by atoms with Crippen molar-refractivity contribution < 1.29 is 9.90 Å². The number of aromatic nitrogens is 5. The van der Waals surface area contributed by atoms with Crippen LogP contribution < -0.4 is 5.32 Å². The Bertz CT molecular complexity index is 894. The van der Waals surface area contributed by atoms with E-state index in [0.717, 1.165) is 31.1 Å². The lowest BCUT2D eigenvalue weighted by Gasteiger charge is -2.30. The Kier molecular flexibility index (Phi) is 4.42. The molecule has 3 aromatic heterocycles. The van der Waals surface area contributed by atoms with E-state index in [-0.39, 0.29) is 18.1 Å². The molecule has 0 radical (unpaired) electrons. The van der Waals surface area contributed by atoms with Gasteiger partial charge in [0, 0.05) is 23.8 Å². The minimum Gasteiger partial charge on any atom is -0.393 e. The molecule has 0 saturated heterocycles. The van der Waals surface area contributed by atoms with Crippen molar-refractivity contribution in [1.29, 1.82) is 0 Å². The Morgan fingerprint density at radius 3 is 2.88 bits per heavy atom. The van der Waals surface area contributed by atoms with Crippen molar-refractivity contribution in [3.8, 4) is 5.82 Å². The Labute approximate surface area is 150 Å². The van der Waals surface area contributed by atoms with Crippen LogP contribution in [-0.4, -0.2) is 47.9 Å². The van der Waals surface area contributed by atoms with Crippen molar-refractivity contribution in [2.45, 2.75) is 44.8 Å². The number of H-pyrrole nitrogens is 1. The lowest BCUT2D eigenvalue weighted by Crippen LogP contribution is -2.39. The van der Waals surface area contributed by atoms with Gasteiger partial charge in [0.15, 0.2) is 5.69 Å². The van der Waals surface area contributed by atoms with Gasteiger partial charge in [-0.15, -0.1) is 0 Å². The van der Waals surface area contributed by atoms with Crippen molar-refractivity contribution in [3.63, 3.8) is 0 Å². The molecule has 8 nitrogen and oxygen atoms in total.